The van der Waals surface area contributed by atoms with Crippen LogP contribution in [0.4, 0.5) is 0 Å². The number of aliphatic hydroxyl groups excluding tert-OH is 1. The fourth-order valence-electron chi connectivity index (χ4n) is 1.40. The third-order valence-corrected chi connectivity index (χ3v) is 2.63. The van der Waals surface area contributed by atoms with E-state index in [0.29, 0.717) is 6.54 Å². The summed E-state index contributed by atoms with van der Waals surface area (Å²) in [4.78, 5) is 0. The highest BCUT2D eigenvalue weighted by Gasteiger charge is 2.11. The second-order valence-corrected chi connectivity index (χ2v) is 3.98. The number of rotatable bonds is 8. The van der Waals surface area contributed by atoms with Crippen LogP contribution in [0.2, 0.25) is 0 Å². The summed E-state index contributed by atoms with van der Waals surface area (Å²) in [5, 5.41) is 9.59. The normalized spacial score (nSPS) is 15.7. The minimum Gasteiger partial charge on any atom is -0.393 e. The molecule has 0 aliphatic heterocycles. The molecule has 0 spiro atoms. The topological polar surface area (TPSA) is 46.2 Å². The van der Waals surface area contributed by atoms with E-state index in [1.807, 2.05) is 6.92 Å². The van der Waals surface area contributed by atoms with Gasteiger partial charge in [0.15, 0.2) is 0 Å². The predicted molar refractivity (Wildman–Crippen MR) is 57.6 cm³/mol. The Morgan fingerprint density at radius 3 is 2.31 bits per heavy atom. The maximum atomic E-state index is 9.59. The van der Waals surface area contributed by atoms with E-state index < -0.39 is 0 Å². The molecular formula is C11H25NO. The Morgan fingerprint density at radius 1 is 1.15 bits per heavy atom. The molecule has 2 atom stereocenters. The summed E-state index contributed by atoms with van der Waals surface area (Å²) in [7, 11) is 0. The summed E-state index contributed by atoms with van der Waals surface area (Å²) >= 11 is 0. The van der Waals surface area contributed by atoms with Crippen LogP contribution in [-0.4, -0.2) is 17.8 Å². The van der Waals surface area contributed by atoms with E-state index >= 15 is 0 Å². The molecule has 0 heterocycles. The Hall–Kier alpha value is -0.0800. The molecule has 0 amide bonds. The minimum absolute atomic E-state index is 0.188. The molecule has 3 N–H and O–H groups in total. The van der Waals surface area contributed by atoms with Crippen LogP contribution in [0, 0.1) is 5.92 Å². The van der Waals surface area contributed by atoms with E-state index in [1.54, 1.807) is 0 Å². The monoisotopic (exact) mass is 187 g/mol. The Labute approximate surface area is 82.5 Å². The van der Waals surface area contributed by atoms with Crippen molar-refractivity contribution in [3.05, 3.63) is 0 Å². The van der Waals surface area contributed by atoms with Crippen LogP contribution in [0.5, 0.6) is 0 Å². The lowest BCUT2D eigenvalue weighted by molar-refractivity contribution is 0.108. The first kappa shape index (κ1) is 12.9. The summed E-state index contributed by atoms with van der Waals surface area (Å²) in [6.07, 6.45) is 7.03. The van der Waals surface area contributed by atoms with Crippen LogP contribution >= 0.6 is 0 Å². The molecule has 2 unspecified atom stereocenters. The Bertz CT molecular complexity index is 106. The molecule has 13 heavy (non-hydrogen) atoms. The molecule has 0 fully saturated rings. The quantitative estimate of drug-likeness (QED) is 0.573. The molecule has 0 aliphatic rings. The van der Waals surface area contributed by atoms with Crippen LogP contribution in [-0.2, 0) is 0 Å². The molecule has 0 aromatic carbocycles. The van der Waals surface area contributed by atoms with Gasteiger partial charge in [-0.05, 0) is 18.9 Å². The van der Waals surface area contributed by atoms with Crippen molar-refractivity contribution in [2.24, 2.45) is 11.7 Å². The van der Waals surface area contributed by atoms with Gasteiger partial charge in [0.1, 0.15) is 0 Å². The average molecular weight is 187 g/mol. The van der Waals surface area contributed by atoms with Crippen molar-refractivity contribution in [1.82, 2.24) is 0 Å². The van der Waals surface area contributed by atoms with Gasteiger partial charge in [0.05, 0.1) is 6.10 Å². The number of unbranched alkanes of at least 4 members (excludes halogenated alkanes) is 4. The van der Waals surface area contributed by atoms with Gasteiger partial charge in [-0.15, -0.1) is 0 Å². The molecule has 0 saturated heterocycles. The van der Waals surface area contributed by atoms with Crippen molar-refractivity contribution in [3.63, 3.8) is 0 Å². The molecular weight excluding hydrogens is 162 g/mol. The second-order valence-electron chi connectivity index (χ2n) is 3.98. The zero-order valence-corrected chi connectivity index (χ0v) is 9.13. The molecule has 0 bridgehead atoms. The van der Waals surface area contributed by atoms with E-state index in [-0.39, 0.29) is 12.0 Å². The summed E-state index contributed by atoms with van der Waals surface area (Å²) in [5.41, 5.74) is 5.46. The third kappa shape index (κ3) is 7.03. The van der Waals surface area contributed by atoms with Gasteiger partial charge in [-0.3, -0.25) is 0 Å². The van der Waals surface area contributed by atoms with Gasteiger partial charge in [0.25, 0.3) is 0 Å². The average Bonchev–Trinajstić information content (AvgIpc) is 2.16. The summed E-state index contributed by atoms with van der Waals surface area (Å²) in [5.74, 6) is 0.256. The lowest BCUT2D eigenvalue weighted by Crippen LogP contribution is -2.24. The van der Waals surface area contributed by atoms with E-state index in [9.17, 15) is 5.11 Å². The highest BCUT2D eigenvalue weighted by Crippen LogP contribution is 2.11. The molecule has 80 valence electrons. The molecule has 0 saturated carbocycles. The van der Waals surface area contributed by atoms with E-state index in [0.717, 1.165) is 12.8 Å². The van der Waals surface area contributed by atoms with Crippen LogP contribution in [0.3, 0.4) is 0 Å². The third-order valence-electron chi connectivity index (χ3n) is 2.63. The van der Waals surface area contributed by atoms with Crippen LogP contribution in [0.15, 0.2) is 0 Å². The van der Waals surface area contributed by atoms with Gasteiger partial charge in [0, 0.05) is 0 Å². The van der Waals surface area contributed by atoms with Crippen molar-refractivity contribution >= 4 is 0 Å². The Morgan fingerprint density at radius 2 is 1.77 bits per heavy atom. The number of hydrogen-bond acceptors (Lipinski definition) is 2. The van der Waals surface area contributed by atoms with E-state index in [1.165, 1.54) is 25.7 Å². The fraction of sp³-hybridized carbons (Fsp3) is 1.00. The summed E-state index contributed by atoms with van der Waals surface area (Å²) in [6.45, 7) is 4.82. The van der Waals surface area contributed by atoms with E-state index in [2.05, 4.69) is 6.92 Å². The first-order chi connectivity index (χ1) is 6.22. The fourth-order valence-corrected chi connectivity index (χ4v) is 1.40. The molecule has 0 aromatic rings. The molecule has 0 rings (SSSR count). The highest BCUT2D eigenvalue weighted by molar-refractivity contribution is 4.64. The van der Waals surface area contributed by atoms with E-state index in [4.69, 9.17) is 5.73 Å². The molecule has 0 radical (unpaired) electrons. The smallest absolute Gasteiger partial charge is 0.0577 e. The number of aliphatic hydroxyl groups is 1. The maximum absolute atomic E-state index is 9.59. The minimum atomic E-state index is -0.188. The van der Waals surface area contributed by atoms with Gasteiger partial charge < -0.3 is 10.8 Å². The zero-order chi connectivity index (χ0) is 10.1. The molecule has 2 nitrogen and oxygen atoms in total. The maximum Gasteiger partial charge on any atom is 0.0577 e. The van der Waals surface area contributed by atoms with Gasteiger partial charge in [-0.2, -0.15) is 0 Å². The summed E-state index contributed by atoms with van der Waals surface area (Å²) < 4.78 is 0. The predicted octanol–water partition coefficient (Wildman–Crippen LogP) is 2.30. The van der Waals surface area contributed by atoms with Crippen molar-refractivity contribution in [1.29, 1.82) is 0 Å². The lowest BCUT2D eigenvalue weighted by Gasteiger charge is -2.16. The van der Waals surface area contributed by atoms with Crippen molar-refractivity contribution in [3.8, 4) is 0 Å². The second kappa shape index (κ2) is 8.52. The molecule has 0 aromatic heterocycles. The van der Waals surface area contributed by atoms with Crippen molar-refractivity contribution in [2.75, 3.05) is 6.54 Å². The summed E-state index contributed by atoms with van der Waals surface area (Å²) in [6, 6.07) is 0. The zero-order valence-electron chi connectivity index (χ0n) is 9.13. The van der Waals surface area contributed by atoms with Gasteiger partial charge in [-0.25, -0.2) is 0 Å². The number of hydrogen-bond donors (Lipinski definition) is 2. The lowest BCUT2D eigenvalue weighted by atomic mass is 9.99. The SMILES string of the molecule is CCCCCCCC(O)C(C)CN. The first-order valence-corrected chi connectivity index (χ1v) is 5.60. The van der Waals surface area contributed by atoms with Gasteiger partial charge >= 0.3 is 0 Å². The molecule has 0 aliphatic carbocycles. The standard InChI is InChI=1S/C11H25NO/c1-3-4-5-6-7-8-11(13)10(2)9-12/h10-11,13H,3-9,12H2,1-2H3. The van der Waals surface area contributed by atoms with Gasteiger partial charge in [-0.1, -0.05) is 46.0 Å². The Kier molecular flexibility index (Phi) is 8.46. The van der Waals surface area contributed by atoms with Gasteiger partial charge in [0.2, 0.25) is 0 Å². The molecule has 2 heteroatoms. The van der Waals surface area contributed by atoms with Crippen molar-refractivity contribution < 1.29 is 5.11 Å². The largest absolute Gasteiger partial charge is 0.393 e. The van der Waals surface area contributed by atoms with Crippen LogP contribution < -0.4 is 5.73 Å². The highest BCUT2D eigenvalue weighted by atomic mass is 16.3. The van der Waals surface area contributed by atoms with Crippen LogP contribution in [0.25, 0.3) is 0 Å². The van der Waals surface area contributed by atoms with Crippen LogP contribution in [0.1, 0.15) is 52.4 Å². The first-order valence-electron chi connectivity index (χ1n) is 5.60. The number of nitrogens with two attached hydrogens (primary N) is 1. The van der Waals surface area contributed by atoms with Crippen molar-refractivity contribution in [2.45, 2.75) is 58.5 Å². The Balaban J connectivity index is 3.21.